The van der Waals surface area contributed by atoms with Crippen molar-refractivity contribution >= 4 is 23.6 Å². The number of rotatable bonds is 6. The highest BCUT2D eigenvalue weighted by atomic mass is 19.1. The van der Waals surface area contributed by atoms with Crippen molar-refractivity contribution in [1.29, 1.82) is 5.26 Å². The molecule has 0 aliphatic carbocycles. The number of anilines is 2. The van der Waals surface area contributed by atoms with Crippen LogP contribution in [0.15, 0.2) is 42.7 Å². The van der Waals surface area contributed by atoms with Crippen LogP contribution in [0.3, 0.4) is 0 Å². The predicted molar refractivity (Wildman–Crippen MR) is 157 cm³/mol. The maximum absolute atomic E-state index is 14.9. The molecule has 3 atom stereocenters. The van der Waals surface area contributed by atoms with Crippen molar-refractivity contribution in [2.45, 2.75) is 71.2 Å². The van der Waals surface area contributed by atoms with Crippen molar-refractivity contribution in [2.75, 3.05) is 18.4 Å². The van der Waals surface area contributed by atoms with Gasteiger partial charge in [-0.25, -0.2) is 19.2 Å². The summed E-state index contributed by atoms with van der Waals surface area (Å²) in [6.07, 6.45) is -2.31. The van der Waals surface area contributed by atoms with Gasteiger partial charge in [0.1, 0.15) is 36.0 Å². The lowest BCUT2D eigenvalue weighted by Gasteiger charge is -2.35. The Morgan fingerprint density at radius 1 is 1.14 bits per heavy atom. The first kappa shape index (κ1) is 30.6. The molecule has 0 unspecified atom stereocenters. The Kier molecular flexibility index (Phi) is 8.64. The molecule has 44 heavy (non-hydrogen) atoms. The molecule has 2 aliphatic rings. The van der Waals surface area contributed by atoms with E-state index in [1.165, 1.54) is 18.2 Å². The maximum Gasteiger partial charge on any atom is 0.410 e. The number of halogens is 1. The summed E-state index contributed by atoms with van der Waals surface area (Å²) in [6, 6.07) is 12.7. The van der Waals surface area contributed by atoms with Gasteiger partial charge in [0, 0.05) is 37.3 Å². The first-order valence-corrected chi connectivity index (χ1v) is 14.3. The molecule has 5 rings (SSSR count). The average molecular weight is 604 g/mol. The highest BCUT2D eigenvalue weighted by molar-refractivity contribution is 5.80. The topological polar surface area (TPSA) is 154 Å². The summed E-state index contributed by atoms with van der Waals surface area (Å²) in [7, 11) is 0. The summed E-state index contributed by atoms with van der Waals surface area (Å²) in [4.78, 5) is 40.4. The second-order valence-electron chi connectivity index (χ2n) is 11.8. The number of likely N-dealkylation sites (tertiary alicyclic amines) is 1. The quantitative estimate of drug-likeness (QED) is 0.421. The lowest BCUT2D eigenvalue weighted by Crippen LogP contribution is -2.51. The van der Waals surface area contributed by atoms with Crippen molar-refractivity contribution in [3.8, 4) is 23.2 Å². The molecule has 1 saturated heterocycles. The fourth-order valence-corrected chi connectivity index (χ4v) is 5.06. The molecule has 13 heteroatoms. The fourth-order valence-electron chi connectivity index (χ4n) is 5.06. The number of carbonyl (C=O) groups excluding carboxylic acids is 2. The monoisotopic (exact) mass is 603 g/mol. The van der Waals surface area contributed by atoms with E-state index in [-0.39, 0.29) is 42.9 Å². The predicted octanol–water partition coefficient (Wildman–Crippen LogP) is 4.10. The molecule has 1 aromatic heterocycles. The lowest BCUT2D eigenvalue weighted by molar-refractivity contribution is -0.143. The van der Waals surface area contributed by atoms with Gasteiger partial charge in [-0.05, 0) is 69.2 Å². The van der Waals surface area contributed by atoms with Crippen molar-refractivity contribution in [3.05, 3.63) is 59.4 Å². The highest BCUT2D eigenvalue weighted by Gasteiger charge is 2.34. The minimum atomic E-state index is -1.48. The Morgan fingerprint density at radius 3 is 2.61 bits per heavy atom. The average Bonchev–Trinajstić information content (AvgIpc) is 3.41. The number of ether oxygens (including phenoxy) is 2. The summed E-state index contributed by atoms with van der Waals surface area (Å²) < 4.78 is 26.2. The largest absolute Gasteiger partial charge is 0.486 e. The zero-order chi connectivity index (χ0) is 31.6. The molecule has 2 N–H and O–H groups in total. The third-order valence-corrected chi connectivity index (χ3v) is 7.20. The van der Waals surface area contributed by atoms with E-state index < -0.39 is 29.9 Å². The molecule has 3 aromatic rings. The number of piperidine rings is 1. The highest BCUT2D eigenvalue weighted by Crippen LogP contribution is 2.30. The second kappa shape index (κ2) is 12.4. The fraction of sp³-hybridized carbons (Fsp3) is 0.419. The number of amides is 2. The van der Waals surface area contributed by atoms with E-state index in [0.717, 1.165) is 16.8 Å². The van der Waals surface area contributed by atoms with Gasteiger partial charge in [0.15, 0.2) is 12.0 Å². The van der Waals surface area contributed by atoms with Crippen molar-refractivity contribution < 1.29 is 28.6 Å². The Morgan fingerprint density at radius 2 is 1.91 bits per heavy atom. The molecular weight excluding hydrogens is 569 g/mol. The minimum Gasteiger partial charge on any atom is -0.486 e. The molecule has 0 bridgehead atoms. The van der Waals surface area contributed by atoms with Crippen LogP contribution >= 0.6 is 0 Å². The van der Waals surface area contributed by atoms with Gasteiger partial charge in [0.05, 0.1) is 12.1 Å². The van der Waals surface area contributed by atoms with E-state index in [9.17, 15) is 24.3 Å². The molecule has 2 aliphatic heterocycles. The molecule has 0 saturated carbocycles. The number of aromatic nitrogens is 3. The normalized spacial score (nSPS) is 18.7. The number of alkyl halides is 1. The van der Waals surface area contributed by atoms with Crippen molar-refractivity contribution in [1.82, 2.24) is 24.8 Å². The number of nitrogens with one attached hydrogen (secondary N) is 1. The SMILES string of the molecule is C[C@H](O)C(=O)N1CC[C@H](Oc2ccc(-c3ncnc(Nc4ccc5c(c4)CN(C(=O)OC(C)(C)C)C5)n3)cc2C#N)[C@H](F)C1. The number of nitrogens with zero attached hydrogens (tertiary/aromatic N) is 6. The van der Waals surface area contributed by atoms with Crippen LogP contribution in [0.4, 0.5) is 20.8 Å². The number of aliphatic hydroxyl groups excluding tert-OH is 1. The Balaban J connectivity index is 1.25. The number of hydrogen-bond acceptors (Lipinski definition) is 10. The summed E-state index contributed by atoms with van der Waals surface area (Å²) in [6.45, 7) is 7.79. The van der Waals surface area contributed by atoms with Gasteiger partial charge < -0.3 is 24.8 Å². The van der Waals surface area contributed by atoms with Crippen LogP contribution in [0.25, 0.3) is 11.4 Å². The summed E-state index contributed by atoms with van der Waals surface area (Å²) in [5.41, 5.74) is 2.89. The van der Waals surface area contributed by atoms with E-state index in [4.69, 9.17) is 9.47 Å². The van der Waals surface area contributed by atoms with Gasteiger partial charge in [-0.15, -0.1) is 0 Å². The molecule has 1 fully saturated rings. The second-order valence-corrected chi connectivity index (χ2v) is 11.8. The van der Waals surface area contributed by atoms with E-state index in [1.54, 1.807) is 23.1 Å². The molecular formula is C31H34FN7O5. The Hall–Kier alpha value is -4.83. The van der Waals surface area contributed by atoms with Crippen LogP contribution in [-0.2, 0) is 22.6 Å². The number of nitriles is 1. The Bertz CT molecular complexity index is 1600. The maximum atomic E-state index is 14.9. The van der Waals surface area contributed by atoms with Crippen molar-refractivity contribution in [3.63, 3.8) is 0 Å². The van der Waals surface area contributed by atoms with Crippen molar-refractivity contribution in [2.24, 2.45) is 0 Å². The minimum absolute atomic E-state index is 0.181. The zero-order valence-corrected chi connectivity index (χ0v) is 25.0. The standard InChI is InChI=1S/C31H34FN7O5/c1-18(40)28(41)38-10-9-26(24(32)16-38)43-25-8-6-19(11-21(25)13-33)27-34-17-35-29(37-27)36-23-7-5-20-14-39(15-22(20)12-23)30(42)44-31(2,3)4/h5-8,11-12,17-18,24,26,40H,9-10,14-16H2,1-4H3,(H,34,35,36,37)/t18-,24+,26-/m0/s1. The number of fused-ring (bicyclic) bond motifs is 1. The summed E-state index contributed by atoms with van der Waals surface area (Å²) in [5.74, 6) is 0.288. The number of hydrogen-bond donors (Lipinski definition) is 2. The van der Waals surface area contributed by atoms with E-state index in [0.29, 0.717) is 24.5 Å². The summed E-state index contributed by atoms with van der Waals surface area (Å²) >= 11 is 0. The van der Waals surface area contributed by atoms with Gasteiger partial charge in [0.25, 0.3) is 5.91 Å². The number of carbonyl (C=O) groups is 2. The van der Waals surface area contributed by atoms with Crippen LogP contribution < -0.4 is 10.1 Å². The third kappa shape index (κ3) is 7.03. The van der Waals surface area contributed by atoms with Crippen LogP contribution in [0, 0.1) is 11.3 Å². The number of benzene rings is 2. The molecule has 2 amide bonds. The molecule has 230 valence electrons. The smallest absolute Gasteiger partial charge is 0.410 e. The van der Waals surface area contributed by atoms with Gasteiger partial charge in [-0.2, -0.15) is 10.2 Å². The molecule has 0 spiro atoms. The van der Waals surface area contributed by atoms with Crippen LogP contribution in [0.1, 0.15) is 50.8 Å². The zero-order valence-electron chi connectivity index (χ0n) is 25.0. The van der Waals surface area contributed by atoms with Gasteiger partial charge in [-0.3, -0.25) is 9.69 Å². The van der Waals surface area contributed by atoms with Crippen LogP contribution in [0.2, 0.25) is 0 Å². The molecule has 3 heterocycles. The van der Waals surface area contributed by atoms with Gasteiger partial charge >= 0.3 is 6.09 Å². The molecule has 12 nitrogen and oxygen atoms in total. The van der Waals surface area contributed by atoms with E-state index >= 15 is 0 Å². The van der Waals surface area contributed by atoms with E-state index in [2.05, 4.69) is 26.3 Å². The Labute approximate surface area is 254 Å². The summed E-state index contributed by atoms with van der Waals surface area (Å²) in [5, 5.41) is 22.5. The van der Waals surface area contributed by atoms with Gasteiger partial charge in [-0.1, -0.05) is 6.07 Å². The van der Waals surface area contributed by atoms with Crippen LogP contribution in [0.5, 0.6) is 5.75 Å². The first-order chi connectivity index (χ1) is 20.9. The molecule has 0 radical (unpaired) electrons. The lowest BCUT2D eigenvalue weighted by atomic mass is 10.0. The van der Waals surface area contributed by atoms with Crippen LogP contribution in [-0.4, -0.2) is 78.9 Å². The van der Waals surface area contributed by atoms with Gasteiger partial charge in [0.2, 0.25) is 5.95 Å². The number of aliphatic hydroxyl groups is 1. The first-order valence-electron chi connectivity index (χ1n) is 14.3. The third-order valence-electron chi connectivity index (χ3n) is 7.20. The molecule has 2 aromatic carbocycles. The van der Waals surface area contributed by atoms with E-state index in [1.807, 2.05) is 39.0 Å².